The van der Waals surface area contributed by atoms with Crippen LogP contribution in [0.3, 0.4) is 0 Å². The Labute approximate surface area is 108 Å². The number of hydrogen-bond donors (Lipinski definition) is 1. The highest BCUT2D eigenvalue weighted by molar-refractivity contribution is 9.10. The second-order valence-corrected chi connectivity index (χ2v) is 5.04. The molecule has 0 atom stereocenters. The van der Waals surface area contributed by atoms with Gasteiger partial charge in [0.15, 0.2) is 0 Å². The molecule has 1 heterocycles. The molecule has 1 aromatic carbocycles. The summed E-state index contributed by atoms with van der Waals surface area (Å²) in [5.41, 5.74) is 0.751. The molecule has 0 aliphatic carbocycles. The molecule has 1 aliphatic rings. The second kappa shape index (κ2) is 5.06. The highest BCUT2D eigenvalue weighted by atomic mass is 79.9. The number of carbonyl (C=O) groups is 1. The molecule has 3 nitrogen and oxygen atoms in total. The Bertz CT molecular complexity index is 405. The van der Waals surface area contributed by atoms with Crippen molar-refractivity contribution >= 4 is 39.2 Å². The van der Waals surface area contributed by atoms with E-state index in [4.69, 9.17) is 11.6 Å². The first-order chi connectivity index (χ1) is 7.66. The number of rotatable bonds is 1. The molecule has 0 aromatic heterocycles. The molecular weight excluding hydrogens is 291 g/mol. The third-order valence-electron chi connectivity index (χ3n) is 2.57. The molecule has 1 aromatic rings. The quantitative estimate of drug-likeness (QED) is 0.842. The van der Waals surface area contributed by atoms with E-state index in [1.807, 2.05) is 4.90 Å². The maximum absolute atomic E-state index is 11.8. The van der Waals surface area contributed by atoms with Gasteiger partial charge in [0, 0.05) is 22.6 Å². The molecule has 0 radical (unpaired) electrons. The Hall–Kier alpha value is -0.740. The van der Waals surface area contributed by atoms with Crippen LogP contribution in [0.4, 0.5) is 10.5 Å². The Morgan fingerprint density at radius 3 is 2.69 bits per heavy atom. The van der Waals surface area contributed by atoms with Crippen LogP contribution >= 0.6 is 27.5 Å². The average molecular weight is 304 g/mol. The summed E-state index contributed by atoms with van der Waals surface area (Å²) < 4.78 is 0.799. The molecule has 16 heavy (non-hydrogen) atoms. The van der Waals surface area contributed by atoms with Crippen molar-refractivity contribution < 1.29 is 4.79 Å². The van der Waals surface area contributed by atoms with E-state index in [2.05, 4.69) is 21.2 Å². The van der Waals surface area contributed by atoms with Gasteiger partial charge in [-0.05, 0) is 47.0 Å². The predicted octanol–water partition coefficient (Wildman–Crippen LogP) is 3.73. The molecular formula is C11H12BrClN2O. The molecule has 0 bridgehead atoms. The Kier molecular flexibility index (Phi) is 3.71. The van der Waals surface area contributed by atoms with Gasteiger partial charge in [-0.25, -0.2) is 4.79 Å². The summed E-state index contributed by atoms with van der Waals surface area (Å²) in [6.45, 7) is 1.69. The van der Waals surface area contributed by atoms with E-state index in [0.717, 1.165) is 36.1 Å². The van der Waals surface area contributed by atoms with Crippen LogP contribution in [-0.4, -0.2) is 24.0 Å². The van der Waals surface area contributed by atoms with Crippen LogP contribution in [0.25, 0.3) is 0 Å². The number of halogens is 2. The highest BCUT2D eigenvalue weighted by Crippen LogP contribution is 2.26. The van der Waals surface area contributed by atoms with Crippen LogP contribution in [0.5, 0.6) is 0 Å². The van der Waals surface area contributed by atoms with Gasteiger partial charge in [-0.2, -0.15) is 0 Å². The molecule has 1 saturated heterocycles. The fraction of sp³-hybridized carbons (Fsp3) is 0.364. The SMILES string of the molecule is O=C(Nc1ccc(Cl)cc1Br)N1CCCC1. The smallest absolute Gasteiger partial charge is 0.321 e. The molecule has 1 aliphatic heterocycles. The Morgan fingerprint density at radius 2 is 2.06 bits per heavy atom. The van der Waals surface area contributed by atoms with Gasteiger partial charge in [-0.1, -0.05) is 11.6 Å². The lowest BCUT2D eigenvalue weighted by Gasteiger charge is -2.16. The van der Waals surface area contributed by atoms with Gasteiger partial charge >= 0.3 is 6.03 Å². The third kappa shape index (κ3) is 2.68. The third-order valence-corrected chi connectivity index (χ3v) is 3.46. The van der Waals surface area contributed by atoms with E-state index in [1.165, 1.54) is 0 Å². The summed E-state index contributed by atoms with van der Waals surface area (Å²) in [6.07, 6.45) is 2.18. The molecule has 5 heteroatoms. The summed E-state index contributed by atoms with van der Waals surface area (Å²) in [4.78, 5) is 13.6. The number of hydrogen-bond acceptors (Lipinski definition) is 1. The zero-order valence-electron chi connectivity index (χ0n) is 8.67. The van der Waals surface area contributed by atoms with Crippen LogP contribution in [-0.2, 0) is 0 Å². The fourth-order valence-corrected chi connectivity index (χ4v) is 2.49. The minimum atomic E-state index is -0.0412. The number of anilines is 1. The lowest BCUT2D eigenvalue weighted by molar-refractivity contribution is 0.222. The van der Waals surface area contributed by atoms with E-state index in [1.54, 1.807) is 18.2 Å². The van der Waals surface area contributed by atoms with Gasteiger partial charge in [0.2, 0.25) is 0 Å². The molecule has 2 rings (SSSR count). The number of likely N-dealkylation sites (tertiary alicyclic amines) is 1. The van der Waals surface area contributed by atoms with E-state index >= 15 is 0 Å². The van der Waals surface area contributed by atoms with Gasteiger partial charge in [-0.15, -0.1) is 0 Å². The zero-order valence-corrected chi connectivity index (χ0v) is 11.0. The lowest BCUT2D eigenvalue weighted by Crippen LogP contribution is -2.32. The number of nitrogens with one attached hydrogen (secondary N) is 1. The Morgan fingerprint density at radius 1 is 1.38 bits per heavy atom. The fourth-order valence-electron chi connectivity index (χ4n) is 1.71. The molecule has 86 valence electrons. The van der Waals surface area contributed by atoms with Crippen molar-refractivity contribution in [2.75, 3.05) is 18.4 Å². The van der Waals surface area contributed by atoms with Gasteiger partial charge in [0.1, 0.15) is 0 Å². The van der Waals surface area contributed by atoms with Crippen molar-refractivity contribution in [3.8, 4) is 0 Å². The van der Waals surface area contributed by atoms with Crippen molar-refractivity contribution in [2.24, 2.45) is 0 Å². The second-order valence-electron chi connectivity index (χ2n) is 3.75. The van der Waals surface area contributed by atoms with E-state index in [9.17, 15) is 4.79 Å². The van der Waals surface area contributed by atoms with E-state index < -0.39 is 0 Å². The van der Waals surface area contributed by atoms with Gasteiger partial charge in [0.05, 0.1) is 5.69 Å². The van der Waals surface area contributed by atoms with Crippen molar-refractivity contribution in [2.45, 2.75) is 12.8 Å². The monoisotopic (exact) mass is 302 g/mol. The van der Waals surface area contributed by atoms with Crippen molar-refractivity contribution in [3.63, 3.8) is 0 Å². The number of amides is 2. The molecule has 2 amide bonds. The number of carbonyl (C=O) groups excluding carboxylic acids is 1. The number of urea groups is 1. The molecule has 0 spiro atoms. The summed E-state index contributed by atoms with van der Waals surface area (Å²) in [5.74, 6) is 0. The van der Waals surface area contributed by atoms with Gasteiger partial charge in [-0.3, -0.25) is 0 Å². The van der Waals surface area contributed by atoms with Crippen LogP contribution in [0.1, 0.15) is 12.8 Å². The maximum Gasteiger partial charge on any atom is 0.321 e. The summed E-state index contributed by atoms with van der Waals surface area (Å²) in [7, 11) is 0. The number of nitrogens with zero attached hydrogens (tertiary/aromatic N) is 1. The summed E-state index contributed by atoms with van der Waals surface area (Å²) in [5, 5.41) is 3.51. The summed E-state index contributed by atoms with van der Waals surface area (Å²) >= 11 is 9.19. The highest BCUT2D eigenvalue weighted by Gasteiger charge is 2.18. The first kappa shape index (κ1) is 11.7. The van der Waals surface area contributed by atoms with Crippen LogP contribution in [0.2, 0.25) is 5.02 Å². The lowest BCUT2D eigenvalue weighted by atomic mass is 10.3. The normalized spacial score (nSPS) is 15.2. The van der Waals surface area contributed by atoms with Crippen LogP contribution in [0.15, 0.2) is 22.7 Å². The van der Waals surface area contributed by atoms with Crippen LogP contribution in [0, 0.1) is 0 Å². The standard InChI is InChI=1S/C11H12BrClN2O/c12-9-7-8(13)3-4-10(9)14-11(16)15-5-1-2-6-15/h3-4,7H,1-2,5-6H2,(H,14,16). The van der Waals surface area contributed by atoms with E-state index in [0.29, 0.717) is 5.02 Å². The van der Waals surface area contributed by atoms with Crippen molar-refractivity contribution in [1.29, 1.82) is 0 Å². The Balaban J connectivity index is 2.05. The summed E-state index contributed by atoms with van der Waals surface area (Å²) in [6, 6.07) is 5.27. The largest absolute Gasteiger partial charge is 0.325 e. The van der Waals surface area contributed by atoms with Crippen molar-refractivity contribution in [3.05, 3.63) is 27.7 Å². The van der Waals surface area contributed by atoms with Gasteiger partial charge in [0.25, 0.3) is 0 Å². The molecule has 1 N–H and O–H groups in total. The molecule has 1 fully saturated rings. The average Bonchev–Trinajstić information content (AvgIpc) is 2.75. The zero-order chi connectivity index (χ0) is 11.5. The minimum Gasteiger partial charge on any atom is -0.325 e. The van der Waals surface area contributed by atoms with E-state index in [-0.39, 0.29) is 6.03 Å². The van der Waals surface area contributed by atoms with Crippen LogP contribution < -0.4 is 5.32 Å². The molecule has 0 unspecified atom stereocenters. The first-order valence-electron chi connectivity index (χ1n) is 5.18. The maximum atomic E-state index is 11.8. The predicted molar refractivity (Wildman–Crippen MR) is 69.0 cm³/mol. The molecule has 0 saturated carbocycles. The minimum absolute atomic E-state index is 0.0412. The number of benzene rings is 1. The van der Waals surface area contributed by atoms with Crippen molar-refractivity contribution in [1.82, 2.24) is 4.90 Å². The first-order valence-corrected chi connectivity index (χ1v) is 6.35. The van der Waals surface area contributed by atoms with Gasteiger partial charge < -0.3 is 10.2 Å². The topological polar surface area (TPSA) is 32.3 Å².